The van der Waals surface area contributed by atoms with Gasteiger partial charge in [-0.15, -0.1) is 0 Å². The molecule has 0 bridgehead atoms. The molecule has 0 aromatic heterocycles. The summed E-state index contributed by atoms with van der Waals surface area (Å²) in [5.74, 6) is 1.80. The van der Waals surface area contributed by atoms with E-state index in [9.17, 15) is 0 Å². The standard InChI is InChI=1S/C17H24ClN/c1-12-7-15-9-14(8-13-5-3-2-4-6-13)11-19-17(15)10-16(12)18/h7,10,13-14,19H,2-6,8-9,11H2,1H3. The van der Waals surface area contributed by atoms with Crippen LogP contribution in [0.3, 0.4) is 0 Å². The van der Waals surface area contributed by atoms with E-state index in [4.69, 9.17) is 11.6 Å². The Morgan fingerprint density at radius 3 is 2.74 bits per heavy atom. The molecule has 1 saturated carbocycles. The molecule has 1 heterocycles. The smallest absolute Gasteiger partial charge is 0.0455 e. The monoisotopic (exact) mass is 277 g/mol. The molecule has 1 aliphatic carbocycles. The highest BCUT2D eigenvalue weighted by Crippen LogP contribution is 2.35. The third-order valence-electron chi connectivity index (χ3n) is 4.87. The second-order valence-electron chi connectivity index (χ2n) is 6.45. The van der Waals surface area contributed by atoms with Crippen molar-refractivity contribution in [2.24, 2.45) is 11.8 Å². The van der Waals surface area contributed by atoms with Crippen LogP contribution in [-0.4, -0.2) is 6.54 Å². The summed E-state index contributed by atoms with van der Waals surface area (Å²) >= 11 is 6.20. The Hall–Kier alpha value is -0.690. The van der Waals surface area contributed by atoms with E-state index in [0.717, 1.165) is 23.4 Å². The molecular weight excluding hydrogens is 254 g/mol. The zero-order valence-corrected chi connectivity index (χ0v) is 12.6. The van der Waals surface area contributed by atoms with Gasteiger partial charge in [0.15, 0.2) is 0 Å². The topological polar surface area (TPSA) is 12.0 Å². The van der Waals surface area contributed by atoms with Gasteiger partial charge in [0.2, 0.25) is 0 Å². The number of halogens is 1. The summed E-state index contributed by atoms with van der Waals surface area (Å²) < 4.78 is 0. The van der Waals surface area contributed by atoms with Crippen molar-refractivity contribution in [3.63, 3.8) is 0 Å². The Kier molecular flexibility index (Phi) is 4.02. The fraction of sp³-hybridized carbons (Fsp3) is 0.647. The molecule has 0 amide bonds. The lowest BCUT2D eigenvalue weighted by Crippen LogP contribution is -2.26. The lowest BCUT2D eigenvalue weighted by molar-refractivity contribution is 0.289. The van der Waals surface area contributed by atoms with E-state index in [0.29, 0.717) is 0 Å². The van der Waals surface area contributed by atoms with Gasteiger partial charge in [-0.1, -0.05) is 49.8 Å². The molecule has 1 fully saturated rings. The van der Waals surface area contributed by atoms with Crippen LogP contribution in [0.15, 0.2) is 12.1 Å². The van der Waals surface area contributed by atoms with Gasteiger partial charge in [-0.25, -0.2) is 0 Å². The number of fused-ring (bicyclic) bond motifs is 1. The minimum atomic E-state index is 0.816. The highest BCUT2D eigenvalue weighted by atomic mass is 35.5. The molecule has 19 heavy (non-hydrogen) atoms. The fourth-order valence-corrected chi connectivity index (χ4v) is 3.94. The summed E-state index contributed by atoms with van der Waals surface area (Å²) in [7, 11) is 0. The van der Waals surface area contributed by atoms with Crippen molar-refractivity contribution in [2.45, 2.75) is 51.9 Å². The quantitative estimate of drug-likeness (QED) is 0.783. The Balaban J connectivity index is 1.66. The molecule has 1 aromatic rings. The first-order valence-electron chi connectivity index (χ1n) is 7.75. The van der Waals surface area contributed by atoms with Crippen molar-refractivity contribution < 1.29 is 0 Å². The molecule has 104 valence electrons. The molecule has 1 nitrogen and oxygen atoms in total. The SMILES string of the molecule is Cc1cc2c(cc1Cl)NCC(CC1CCCCC1)C2. The minimum absolute atomic E-state index is 0.816. The molecule has 3 rings (SSSR count). The van der Waals surface area contributed by atoms with Crippen LogP contribution in [0.5, 0.6) is 0 Å². The average molecular weight is 278 g/mol. The van der Waals surface area contributed by atoms with Crippen LogP contribution in [0.25, 0.3) is 0 Å². The predicted molar refractivity (Wildman–Crippen MR) is 83.1 cm³/mol. The summed E-state index contributed by atoms with van der Waals surface area (Å²) in [4.78, 5) is 0. The summed E-state index contributed by atoms with van der Waals surface area (Å²) in [6.07, 6.45) is 9.93. The van der Waals surface area contributed by atoms with E-state index >= 15 is 0 Å². The van der Waals surface area contributed by atoms with E-state index in [2.05, 4.69) is 24.4 Å². The van der Waals surface area contributed by atoms with Gasteiger partial charge >= 0.3 is 0 Å². The molecular formula is C17H24ClN. The molecule has 0 saturated heterocycles. The molecule has 0 radical (unpaired) electrons. The molecule has 1 N–H and O–H groups in total. The second kappa shape index (κ2) is 5.75. The zero-order valence-electron chi connectivity index (χ0n) is 11.8. The number of hydrogen-bond donors (Lipinski definition) is 1. The first-order valence-corrected chi connectivity index (χ1v) is 8.13. The predicted octanol–water partition coefficient (Wildman–Crippen LogP) is 5.20. The van der Waals surface area contributed by atoms with Crippen LogP contribution in [0, 0.1) is 18.8 Å². The van der Waals surface area contributed by atoms with Crippen LogP contribution < -0.4 is 5.32 Å². The molecule has 1 atom stereocenters. The molecule has 0 spiro atoms. The second-order valence-corrected chi connectivity index (χ2v) is 6.86. The normalized spacial score (nSPS) is 23.8. The van der Waals surface area contributed by atoms with Crippen molar-refractivity contribution in [1.82, 2.24) is 0 Å². The summed E-state index contributed by atoms with van der Waals surface area (Å²) in [6, 6.07) is 4.38. The lowest BCUT2D eigenvalue weighted by Gasteiger charge is -2.31. The first-order chi connectivity index (χ1) is 9.22. The minimum Gasteiger partial charge on any atom is -0.384 e. The van der Waals surface area contributed by atoms with Crippen LogP contribution in [0.4, 0.5) is 5.69 Å². The van der Waals surface area contributed by atoms with Crippen LogP contribution in [-0.2, 0) is 6.42 Å². The molecule has 1 aliphatic heterocycles. The van der Waals surface area contributed by atoms with Gasteiger partial charge < -0.3 is 5.32 Å². The highest BCUT2D eigenvalue weighted by Gasteiger charge is 2.23. The van der Waals surface area contributed by atoms with E-state index in [-0.39, 0.29) is 0 Å². The maximum Gasteiger partial charge on any atom is 0.0455 e. The van der Waals surface area contributed by atoms with Gasteiger partial charge in [0.25, 0.3) is 0 Å². The number of benzene rings is 1. The Morgan fingerprint density at radius 2 is 1.95 bits per heavy atom. The number of nitrogens with one attached hydrogen (secondary N) is 1. The lowest BCUT2D eigenvalue weighted by atomic mass is 9.79. The third-order valence-corrected chi connectivity index (χ3v) is 5.27. The number of rotatable bonds is 2. The van der Waals surface area contributed by atoms with E-state index in [1.54, 1.807) is 0 Å². The Bertz CT molecular complexity index is 449. The summed E-state index contributed by atoms with van der Waals surface area (Å²) in [5.41, 5.74) is 3.94. The van der Waals surface area contributed by atoms with Crippen LogP contribution in [0.2, 0.25) is 5.02 Å². The van der Waals surface area contributed by atoms with E-state index in [1.807, 2.05) is 0 Å². The maximum absolute atomic E-state index is 6.20. The fourth-order valence-electron chi connectivity index (χ4n) is 3.77. The Labute approximate surface area is 121 Å². The van der Waals surface area contributed by atoms with Gasteiger partial charge in [-0.2, -0.15) is 0 Å². The van der Waals surface area contributed by atoms with Crippen molar-refractivity contribution in [1.29, 1.82) is 0 Å². The molecule has 1 unspecified atom stereocenters. The first kappa shape index (κ1) is 13.3. The van der Waals surface area contributed by atoms with Gasteiger partial charge in [-0.3, -0.25) is 0 Å². The average Bonchev–Trinajstić information content (AvgIpc) is 2.42. The third kappa shape index (κ3) is 3.08. The van der Waals surface area contributed by atoms with Crippen molar-refractivity contribution in [3.8, 4) is 0 Å². The highest BCUT2D eigenvalue weighted by molar-refractivity contribution is 6.31. The molecule has 2 heteroatoms. The zero-order chi connectivity index (χ0) is 13.2. The van der Waals surface area contributed by atoms with Crippen molar-refractivity contribution in [3.05, 3.63) is 28.3 Å². The number of anilines is 1. The van der Waals surface area contributed by atoms with E-state index < -0.39 is 0 Å². The number of hydrogen-bond acceptors (Lipinski definition) is 1. The Morgan fingerprint density at radius 1 is 1.16 bits per heavy atom. The van der Waals surface area contributed by atoms with Crippen molar-refractivity contribution in [2.75, 3.05) is 11.9 Å². The maximum atomic E-state index is 6.20. The van der Waals surface area contributed by atoms with Gasteiger partial charge in [-0.05, 0) is 48.8 Å². The van der Waals surface area contributed by atoms with Crippen molar-refractivity contribution >= 4 is 17.3 Å². The largest absolute Gasteiger partial charge is 0.384 e. The van der Waals surface area contributed by atoms with Crippen LogP contribution in [0.1, 0.15) is 49.7 Å². The molecule has 1 aromatic carbocycles. The summed E-state index contributed by atoms with van der Waals surface area (Å²) in [6.45, 7) is 3.23. The van der Waals surface area contributed by atoms with Crippen LogP contribution >= 0.6 is 11.6 Å². The van der Waals surface area contributed by atoms with Gasteiger partial charge in [0.05, 0.1) is 0 Å². The van der Waals surface area contributed by atoms with Gasteiger partial charge in [0.1, 0.15) is 0 Å². The molecule has 2 aliphatic rings. The number of aryl methyl sites for hydroxylation is 1. The summed E-state index contributed by atoms with van der Waals surface area (Å²) in [5, 5.41) is 4.47. The van der Waals surface area contributed by atoms with Gasteiger partial charge in [0, 0.05) is 17.3 Å². The van der Waals surface area contributed by atoms with E-state index in [1.165, 1.54) is 61.8 Å².